The van der Waals surface area contributed by atoms with Gasteiger partial charge in [-0.05, 0) is 56.5 Å². The van der Waals surface area contributed by atoms with Gasteiger partial charge in [0.1, 0.15) is 0 Å². The monoisotopic (exact) mass is 340 g/mol. The second-order valence-electron chi connectivity index (χ2n) is 6.08. The molecule has 5 heteroatoms. The quantitative estimate of drug-likeness (QED) is 0.867. The van der Waals surface area contributed by atoms with Crippen LogP contribution >= 0.6 is 24.2 Å². The number of thioether (sulfide) groups is 1. The van der Waals surface area contributed by atoms with Crippen LogP contribution in [0.5, 0.6) is 0 Å². The van der Waals surface area contributed by atoms with Crippen molar-refractivity contribution in [1.29, 1.82) is 0 Å². The summed E-state index contributed by atoms with van der Waals surface area (Å²) in [6.07, 6.45) is 7.53. The van der Waals surface area contributed by atoms with Crippen LogP contribution in [0.4, 0.5) is 5.69 Å². The van der Waals surface area contributed by atoms with Crippen molar-refractivity contribution >= 4 is 35.8 Å². The Morgan fingerprint density at radius 1 is 1.09 bits per heavy atom. The van der Waals surface area contributed by atoms with E-state index in [1.165, 1.54) is 30.6 Å². The van der Waals surface area contributed by atoms with Crippen LogP contribution in [-0.4, -0.2) is 24.2 Å². The number of benzene rings is 1. The van der Waals surface area contributed by atoms with Gasteiger partial charge in [-0.15, -0.1) is 24.2 Å². The number of halogens is 1. The van der Waals surface area contributed by atoms with Gasteiger partial charge in [0.05, 0.1) is 5.92 Å². The van der Waals surface area contributed by atoms with Crippen molar-refractivity contribution in [2.45, 2.75) is 48.7 Å². The molecule has 1 saturated heterocycles. The maximum absolute atomic E-state index is 12.2. The molecule has 0 aromatic heterocycles. The van der Waals surface area contributed by atoms with E-state index in [1.54, 1.807) is 0 Å². The summed E-state index contributed by atoms with van der Waals surface area (Å²) in [7, 11) is 0. The first-order valence-corrected chi connectivity index (χ1v) is 8.97. The lowest BCUT2D eigenvalue weighted by Crippen LogP contribution is -2.37. The predicted molar refractivity (Wildman–Crippen MR) is 96.0 cm³/mol. The summed E-state index contributed by atoms with van der Waals surface area (Å²) in [4.78, 5) is 13.5. The highest BCUT2D eigenvalue weighted by Crippen LogP contribution is 2.35. The molecule has 1 amide bonds. The van der Waals surface area contributed by atoms with Gasteiger partial charge >= 0.3 is 0 Å². The topological polar surface area (TPSA) is 41.1 Å². The van der Waals surface area contributed by atoms with E-state index in [0.29, 0.717) is 0 Å². The normalized spacial score (nSPS) is 22.1. The fourth-order valence-electron chi connectivity index (χ4n) is 3.14. The highest BCUT2D eigenvalue weighted by molar-refractivity contribution is 8.00. The third-order valence-corrected chi connectivity index (χ3v) is 5.74. The van der Waals surface area contributed by atoms with Crippen molar-refractivity contribution in [2.75, 3.05) is 18.4 Å². The van der Waals surface area contributed by atoms with Gasteiger partial charge < -0.3 is 10.6 Å². The van der Waals surface area contributed by atoms with Gasteiger partial charge in [-0.1, -0.05) is 12.8 Å². The van der Waals surface area contributed by atoms with E-state index < -0.39 is 0 Å². The van der Waals surface area contributed by atoms with Crippen molar-refractivity contribution < 1.29 is 4.79 Å². The molecule has 1 atom stereocenters. The van der Waals surface area contributed by atoms with E-state index >= 15 is 0 Å². The van der Waals surface area contributed by atoms with E-state index in [2.05, 4.69) is 22.8 Å². The molecule has 1 heterocycles. The summed E-state index contributed by atoms with van der Waals surface area (Å²) in [6.45, 7) is 1.85. The van der Waals surface area contributed by atoms with Gasteiger partial charge in [-0.25, -0.2) is 0 Å². The first-order valence-electron chi connectivity index (χ1n) is 8.09. The molecule has 0 unspecified atom stereocenters. The molecule has 3 nitrogen and oxygen atoms in total. The molecule has 1 aromatic carbocycles. The Morgan fingerprint density at radius 3 is 2.45 bits per heavy atom. The third kappa shape index (κ3) is 4.90. The Hall–Kier alpha value is -0.710. The van der Waals surface area contributed by atoms with E-state index in [4.69, 9.17) is 0 Å². The fraction of sp³-hybridized carbons (Fsp3) is 0.588. The Kier molecular flexibility index (Phi) is 7.06. The second-order valence-corrected chi connectivity index (χ2v) is 7.45. The first kappa shape index (κ1) is 17.6. The summed E-state index contributed by atoms with van der Waals surface area (Å²) in [6, 6.07) is 8.34. The van der Waals surface area contributed by atoms with Gasteiger partial charge in [0, 0.05) is 22.4 Å². The number of carbonyl (C=O) groups excluding carboxylic acids is 1. The first-order chi connectivity index (χ1) is 10.3. The van der Waals surface area contributed by atoms with Crippen LogP contribution < -0.4 is 10.6 Å². The molecule has 2 N–H and O–H groups in total. The average Bonchev–Trinajstić information content (AvgIpc) is 3.03. The summed E-state index contributed by atoms with van der Waals surface area (Å²) in [5.41, 5.74) is 0.918. The fourth-order valence-corrected chi connectivity index (χ4v) is 4.38. The zero-order valence-electron chi connectivity index (χ0n) is 12.8. The maximum Gasteiger partial charge on any atom is 0.228 e. The van der Waals surface area contributed by atoms with E-state index in [1.807, 2.05) is 23.9 Å². The van der Waals surface area contributed by atoms with Gasteiger partial charge in [0.2, 0.25) is 5.91 Å². The van der Waals surface area contributed by atoms with Crippen molar-refractivity contribution in [1.82, 2.24) is 5.32 Å². The Bertz CT molecular complexity index is 468. The number of hydrogen-bond donors (Lipinski definition) is 2. The van der Waals surface area contributed by atoms with Crippen LogP contribution in [0.15, 0.2) is 29.2 Å². The lowest BCUT2D eigenvalue weighted by molar-refractivity contribution is -0.120. The third-order valence-electron chi connectivity index (χ3n) is 4.39. The molecular formula is C17H25ClN2OS. The van der Waals surface area contributed by atoms with Crippen molar-refractivity contribution in [3.63, 3.8) is 0 Å². The van der Waals surface area contributed by atoms with Crippen molar-refractivity contribution in [2.24, 2.45) is 5.92 Å². The molecule has 122 valence electrons. The number of anilines is 1. The zero-order chi connectivity index (χ0) is 14.5. The van der Waals surface area contributed by atoms with E-state index in [-0.39, 0.29) is 24.2 Å². The molecule has 2 fully saturated rings. The Morgan fingerprint density at radius 2 is 1.82 bits per heavy atom. The number of nitrogens with one attached hydrogen (secondary N) is 2. The van der Waals surface area contributed by atoms with Crippen LogP contribution in [0.25, 0.3) is 0 Å². The summed E-state index contributed by atoms with van der Waals surface area (Å²) >= 11 is 1.98. The van der Waals surface area contributed by atoms with Gasteiger partial charge in [-0.3, -0.25) is 4.79 Å². The van der Waals surface area contributed by atoms with Crippen molar-refractivity contribution in [3.05, 3.63) is 24.3 Å². The Balaban J connectivity index is 0.00000176. The highest BCUT2D eigenvalue weighted by Gasteiger charge is 2.21. The molecule has 0 radical (unpaired) electrons. The van der Waals surface area contributed by atoms with Gasteiger partial charge in [0.15, 0.2) is 0 Å². The van der Waals surface area contributed by atoms with E-state index in [0.717, 1.165) is 36.9 Å². The maximum atomic E-state index is 12.2. The van der Waals surface area contributed by atoms with Crippen LogP contribution in [0.1, 0.15) is 38.5 Å². The van der Waals surface area contributed by atoms with Gasteiger partial charge in [-0.2, -0.15) is 0 Å². The number of piperidine rings is 1. The van der Waals surface area contributed by atoms with Crippen molar-refractivity contribution in [3.8, 4) is 0 Å². The number of amides is 1. The van der Waals surface area contributed by atoms with Crippen LogP contribution in [0.2, 0.25) is 0 Å². The molecule has 1 saturated carbocycles. The number of hydrogen-bond acceptors (Lipinski definition) is 3. The van der Waals surface area contributed by atoms with Crippen LogP contribution in [0.3, 0.4) is 0 Å². The molecule has 1 aliphatic heterocycles. The molecule has 2 aliphatic rings. The highest BCUT2D eigenvalue weighted by atomic mass is 35.5. The zero-order valence-corrected chi connectivity index (χ0v) is 14.5. The molecule has 0 spiro atoms. The minimum absolute atomic E-state index is 0. The second kappa shape index (κ2) is 8.80. The number of rotatable bonds is 4. The lowest BCUT2D eigenvalue weighted by atomic mass is 9.99. The van der Waals surface area contributed by atoms with Gasteiger partial charge in [0.25, 0.3) is 0 Å². The summed E-state index contributed by atoms with van der Waals surface area (Å²) < 4.78 is 0. The average molecular weight is 341 g/mol. The van der Waals surface area contributed by atoms with Crippen LogP contribution in [0, 0.1) is 5.92 Å². The Labute approximate surface area is 143 Å². The summed E-state index contributed by atoms with van der Waals surface area (Å²) in [5, 5.41) is 7.12. The van der Waals surface area contributed by atoms with Crippen LogP contribution in [-0.2, 0) is 4.79 Å². The SMILES string of the molecule is Cl.O=C(Nc1ccc(SC2CCCC2)cc1)[C@@H]1CCCNC1. The minimum Gasteiger partial charge on any atom is -0.326 e. The molecular weight excluding hydrogens is 316 g/mol. The number of carbonyl (C=O) groups is 1. The van der Waals surface area contributed by atoms with E-state index in [9.17, 15) is 4.79 Å². The lowest BCUT2D eigenvalue weighted by Gasteiger charge is -2.21. The molecule has 1 aliphatic carbocycles. The predicted octanol–water partition coefficient (Wildman–Crippen LogP) is 4.08. The molecule has 3 rings (SSSR count). The molecule has 22 heavy (non-hydrogen) atoms. The molecule has 1 aromatic rings. The molecule has 0 bridgehead atoms. The summed E-state index contributed by atoms with van der Waals surface area (Å²) in [5.74, 6) is 0.268. The smallest absolute Gasteiger partial charge is 0.228 e. The largest absolute Gasteiger partial charge is 0.326 e. The minimum atomic E-state index is 0. The standard InChI is InChI=1S/C17H24N2OS.ClH/c20-17(13-4-3-11-18-12-13)19-14-7-9-16(10-8-14)21-15-5-1-2-6-15;/h7-10,13,15,18H,1-6,11-12H2,(H,19,20);1H/t13-;/m1./s1.